The molecule has 0 bridgehead atoms. The van der Waals surface area contributed by atoms with Crippen molar-refractivity contribution in [3.8, 4) is 6.07 Å². The van der Waals surface area contributed by atoms with Gasteiger partial charge in [0.15, 0.2) is 0 Å². The van der Waals surface area contributed by atoms with Crippen molar-refractivity contribution >= 4 is 27.3 Å². The van der Waals surface area contributed by atoms with Gasteiger partial charge in [-0.05, 0) is 49.6 Å². The van der Waals surface area contributed by atoms with E-state index in [0.717, 1.165) is 24.5 Å². The van der Waals surface area contributed by atoms with Gasteiger partial charge in [-0.1, -0.05) is 0 Å². The first-order chi connectivity index (χ1) is 17.1. The Balaban J connectivity index is 1.34. The number of hydrogen-bond donors (Lipinski definition) is 2. The molecule has 186 valence electrons. The van der Waals surface area contributed by atoms with Crippen molar-refractivity contribution < 1.29 is 21.6 Å². The third kappa shape index (κ3) is 4.95. The first-order valence-electron chi connectivity index (χ1n) is 11.1. The summed E-state index contributed by atoms with van der Waals surface area (Å²) in [7, 11) is -3.61. The van der Waals surface area contributed by atoms with Gasteiger partial charge in [0.1, 0.15) is 22.9 Å². The van der Waals surface area contributed by atoms with Crippen molar-refractivity contribution in [2.45, 2.75) is 42.9 Å². The van der Waals surface area contributed by atoms with Gasteiger partial charge in [-0.15, -0.1) is 0 Å². The van der Waals surface area contributed by atoms with E-state index in [1.165, 1.54) is 30.7 Å². The molecule has 9 nitrogen and oxygen atoms in total. The van der Waals surface area contributed by atoms with Crippen LogP contribution >= 0.6 is 0 Å². The van der Waals surface area contributed by atoms with Crippen LogP contribution in [0, 0.1) is 11.3 Å². The van der Waals surface area contributed by atoms with Gasteiger partial charge in [-0.3, -0.25) is 0 Å². The molecule has 0 amide bonds. The zero-order valence-corrected chi connectivity index (χ0v) is 19.6. The lowest BCUT2D eigenvalue weighted by Gasteiger charge is -2.31. The summed E-state index contributed by atoms with van der Waals surface area (Å²) in [5, 5.41) is 12.1. The van der Waals surface area contributed by atoms with Gasteiger partial charge in [0.2, 0.25) is 10.0 Å². The topological polar surface area (TPSA) is 124 Å². The summed E-state index contributed by atoms with van der Waals surface area (Å²) in [5.41, 5.74) is 0.393. The zero-order chi connectivity index (χ0) is 25.5. The Morgan fingerprint density at radius 1 is 1.11 bits per heavy atom. The number of alkyl halides is 3. The van der Waals surface area contributed by atoms with Gasteiger partial charge >= 0.3 is 6.18 Å². The van der Waals surface area contributed by atoms with Crippen molar-refractivity contribution in [2.75, 3.05) is 16.8 Å². The van der Waals surface area contributed by atoms with Crippen LogP contribution in [0.25, 0.3) is 0 Å². The first kappa shape index (κ1) is 24.0. The lowest BCUT2D eigenvalue weighted by Crippen LogP contribution is -2.32. The largest absolute Gasteiger partial charge is 0.417 e. The fourth-order valence-corrected chi connectivity index (χ4v) is 5.22. The molecule has 5 rings (SSSR count). The Morgan fingerprint density at radius 2 is 1.92 bits per heavy atom. The predicted molar refractivity (Wildman–Crippen MR) is 124 cm³/mol. The summed E-state index contributed by atoms with van der Waals surface area (Å²) in [6, 6.07) is 8.24. The highest BCUT2D eigenvalue weighted by Crippen LogP contribution is 2.36. The Labute approximate surface area is 205 Å². The normalized spacial score (nSPS) is 15.8. The molecular formula is C23H20F3N7O2S. The smallest absolute Gasteiger partial charge is 0.365 e. The van der Waals surface area contributed by atoms with Gasteiger partial charge < -0.3 is 10.2 Å². The maximum absolute atomic E-state index is 13.4. The SMILES string of the molecule is N#Cc1ccc(N2CCc3c(ncnc3Nc3ccc(S(=O)(=O)NC4CC4)cn3)C2)cc1C(F)(F)F. The standard InChI is InChI=1S/C23H20F3N7O2S/c24-23(25,26)19-9-16(4-1-14(19)10-27)33-8-7-18-20(12-33)29-13-30-22(18)31-21-6-5-17(11-28-21)36(34,35)32-15-2-3-15/h1,4-6,9,11,13,15,32H,2-3,7-8,12H2,(H,28,29,30,31). The molecule has 1 fully saturated rings. The highest BCUT2D eigenvalue weighted by atomic mass is 32.2. The number of pyridine rings is 1. The van der Waals surface area contributed by atoms with Crippen molar-refractivity contribution in [1.82, 2.24) is 19.7 Å². The number of nitrogens with zero attached hydrogens (tertiary/aromatic N) is 5. The van der Waals surface area contributed by atoms with E-state index in [4.69, 9.17) is 5.26 Å². The second-order valence-corrected chi connectivity index (χ2v) is 10.3. The second kappa shape index (κ2) is 9.03. The van der Waals surface area contributed by atoms with Crippen LogP contribution < -0.4 is 14.9 Å². The third-order valence-corrected chi connectivity index (χ3v) is 7.50. The minimum atomic E-state index is -4.64. The molecule has 0 saturated heterocycles. The van der Waals surface area contributed by atoms with Gasteiger partial charge in [-0.2, -0.15) is 18.4 Å². The van der Waals surface area contributed by atoms with Gasteiger partial charge in [0, 0.05) is 30.0 Å². The van der Waals surface area contributed by atoms with Crippen molar-refractivity contribution in [1.29, 1.82) is 5.26 Å². The summed E-state index contributed by atoms with van der Waals surface area (Å²) in [6.07, 6.45) is 0.102. The highest BCUT2D eigenvalue weighted by molar-refractivity contribution is 7.89. The highest BCUT2D eigenvalue weighted by Gasteiger charge is 2.34. The molecule has 3 heterocycles. The molecule has 2 aromatic heterocycles. The van der Waals surface area contributed by atoms with Crippen LogP contribution in [0.15, 0.2) is 47.8 Å². The van der Waals surface area contributed by atoms with E-state index >= 15 is 0 Å². The van der Waals surface area contributed by atoms with E-state index in [1.807, 2.05) is 0 Å². The molecule has 13 heteroatoms. The number of anilines is 3. The molecule has 1 saturated carbocycles. The molecule has 0 unspecified atom stereocenters. The lowest BCUT2D eigenvalue weighted by molar-refractivity contribution is -0.137. The predicted octanol–water partition coefficient (Wildman–Crippen LogP) is 3.51. The number of fused-ring (bicyclic) bond motifs is 1. The number of rotatable bonds is 6. The van der Waals surface area contributed by atoms with E-state index in [2.05, 4.69) is 25.0 Å². The average Bonchev–Trinajstić information content (AvgIpc) is 3.66. The number of nitrogens with one attached hydrogen (secondary N) is 2. The van der Waals surface area contributed by atoms with E-state index in [1.54, 1.807) is 17.0 Å². The summed E-state index contributed by atoms with van der Waals surface area (Å²) < 4.78 is 67.4. The van der Waals surface area contributed by atoms with Gasteiger partial charge in [0.05, 0.1) is 29.4 Å². The number of halogens is 3. The van der Waals surface area contributed by atoms with Crippen LogP contribution in [-0.4, -0.2) is 36.0 Å². The molecule has 0 radical (unpaired) electrons. The van der Waals surface area contributed by atoms with Crippen molar-refractivity contribution in [3.63, 3.8) is 0 Å². The Hall–Kier alpha value is -3.76. The Kier molecular flexibility index (Phi) is 6.01. The maximum atomic E-state index is 13.4. The molecule has 2 aliphatic rings. The number of benzene rings is 1. The Bertz CT molecular complexity index is 1450. The summed E-state index contributed by atoms with van der Waals surface area (Å²) in [4.78, 5) is 14.6. The van der Waals surface area contributed by atoms with E-state index < -0.39 is 27.3 Å². The van der Waals surface area contributed by atoms with E-state index in [0.29, 0.717) is 36.0 Å². The van der Waals surface area contributed by atoms with Crippen LogP contribution in [0.2, 0.25) is 0 Å². The first-order valence-corrected chi connectivity index (χ1v) is 12.6. The number of sulfonamides is 1. The van der Waals surface area contributed by atoms with Gasteiger partial charge in [-0.25, -0.2) is 28.1 Å². The van der Waals surface area contributed by atoms with E-state index in [9.17, 15) is 21.6 Å². The van der Waals surface area contributed by atoms with Crippen molar-refractivity contribution in [2.24, 2.45) is 0 Å². The molecule has 3 aromatic rings. The second-order valence-electron chi connectivity index (χ2n) is 8.56. The quantitative estimate of drug-likeness (QED) is 0.511. The van der Waals surface area contributed by atoms with Crippen LogP contribution in [-0.2, 0) is 29.2 Å². The molecule has 1 aliphatic carbocycles. The van der Waals surface area contributed by atoms with Crippen LogP contribution in [0.3, 0.4) is 0 Å². The molecule has 36 heavy (non-hydrogen) atoms. The summed E-state index contributed by atoms with van der Waals surface area (Å²) in [6.45, 7) is 0.670. The molecule has 2 N–H and O–H groups in total. The average molecular weight is 516 g/mol. The summed E-state index contributed by atoms with van der Waals surface area (Å²) in [5.74, 6) is 0.889. The minimum Gasteiger partial charge on any atom is -0.365 e. The van der Waals surface area contributed by atoms with Gasteiger partial charge in [0.25, 0.3) is 0 Å². The fourth-order valence-electron chi connectivity index (χ4n) is 3.97. The monoisotopic (exact) mass is 515 g/mol. The van der Waals surface area contributed by atoms with E-state index in [-0.39, 0.29) is 17.5 Å². The number of hydrogen-bond acceptors (Lipinski definition) is 8. The minimum absolute atomic E-state index is 0.00996. The molecule has 0 atom stereocenters. The molecule has 1 aliphatic heterocycles. The summed E-state index contributed by atoms with van der Waals surface area (Å²) >= 11 is 0. The van der Waals surface area contributed by atoms with Crippen LogP contribution in [0.5, 0.6) is 0 Å². The molecule has 1 aromatic carbocycles. The molecular weight excluding hydrogens is 495 g/mol. The zero-order valence-electron chi connectivity index (χ0n) is 18.7. The molecule has 0 spiro atoms. The van der Waals surface area contributed by atoms with Crippen LogP contribution in [0.4, 0.5) is 30.5 Å². The lowest BCUT2D eigenvalue weighted by atomic mass is 10.0. The van der Waals surface area contributed by atoms with Crippen molar-refractivity contribution in [3.05, 3.63) is 65.2 Å². The maximum Gasteiger partial charge on any atom is 0.417 e. The van der Waals surface area contributed by atoms with Crippen LogP contribution in [0.1, 0.15) is 35.2 Å². The third-order valence-electron chi connectivity index (χ3n) is 5.99. The number of nitriles is 1. The fraction of sp³-hybridized carbons (Fsp3) is 0.304. The number of aromatic nitrogens is 3. The Morgan fingerprint density at radius 3 is 2.58 bits per heavy atom.